The van der Waals surface area contributed by atoms with Gasteiger partial charge >= 0.3 is 0 Å². The third kappa shape index (κ3) is 4.61. The Kier molecular flexibility index (Phi) is 6.13. The monoisotopic (exact) mass is 420 g/mol. The lowest BCUT2D eigenvalue weighted by molar-refractivity contribution is 0.0957. The van der Waals surface area contributed by atoms with Crippen LogP contribution in [0.15, 0.2) is 84.5 Å². The van der Waals surface area contributed by atoms with Crippen LogP contribution in [0.2, 0.25) is 5.02 Å². The number of hydrogen-bond acceptors (Lipinski definition) is 2. The number of aryl methyl sites for hydroxylation is 1. The van der Waals surface area contributed by atoms with Gasteiger partial charge in [0.15, 0.2) is 0 Å². The molecule has 4 rings (SSSR count). The molecule has 0 aliphatic rings. The topological polar surface area (TPSA) is 34.0 Å². The zero-order chi connectivity index (χ0) is 20.1. The molecule has 0 radical (unpaired) electrons. The molecule has 0 aliphatic heterocycles. The number of aromatic nitrogens is 1. The summed E-state index contributed by atoms with van der Waals surface area (Å²) in [5, 5.41) is 5.82. The SMILES string of the molecule is O=C(NCCCc1ccccc1)c1scc(-c2ccc(Cl)cc2)c1-n1cccc1. The fourth-order valence-electron chi connectivity index (χ4n) is 3.31. The second-order valence-electron chi connectivity index (χ2n) is 6.77. The van der Waals surface area contributed by atoms with Crippen molar-refractivity contribution in [1.82, 2.24) is 9.88 Å². The molecule has 0 fully saturated rings. The minimum Gasteiger partial charge on any atom is -0.351 e. The van der Waals surface area contributed by atoms with Crippen molar-refractivity contribution in [2.24, 2.45) is 0 Å². The molecule has 0 atom stereocenters. The summed E-state index contributed by atoms with van der Waals surface area (Å²) in [5.74, 6) is -0.0352. The van der Waals surface area contributed by atoms with Gasteiger partial charge in [-0.1, -0.05) is 54.1 Å². The number of carbonyl (C=O) groups excluding carboxylic acids is 1. The summed E-state index contributed by atoms with van der Waals surface area (Å²) in [4.78, 5) is 13.6. The zero-order valence-corrected chi connectivity index (χ0v) is 17.4. The molecule has 0 bridgehead atoms. The van der Waals surface area contributed by atoms with Gasteiger partial charge in [0.25, 0.3) is 5.91 Å². The van der Waals surface area contributed by atoms with E-state index in [4.69, 9.17) is 11.6 Å². The van der Waals surface area contributed by atoms with Crippen LogP contribution in [0.3, 0.4) is 0 Å². The molecule has 0 unspecified atom stereocenters. The molecule has 4 aromatic rings. The molecule has 3 nitrogen and oxygen atoms in total. The highest BCUT2D eigenvalue weighted by molar-refractivity contribution is 7.13. The second kappa shape index (κ2) is 9.12. The maximum absolute atomic E-state index is 12.9. The Balaban J connectivity index is 1.52. The average Bonchev–Trinajstić information content (AvgIpc) is 3.42. The first-order chi connectivity index (χ1) is 14.2. The first-order valence-corrected chi connectivity index (χ1v) is 10.8. The minimum atomic E-state index is -0.0352. The van der Waals surface area contributed by atoms with Crippen LogP contribution in [0.5, 0.6) is 0 Å². The van der Waals surface area contributed by atoms with Gasteiger partial charge in [0.2, 0.25) is 0 Å². The molecule has 0 saturated heterocycles. The number of nitrogens with one attached hydrogen (secondary N) is 1. The van der Waals surface area contributed by atoms with Gasteiger partial charge in [-0.3, -0.25) is 4.79 Å². The Morgan fingerprint density at radius 3 is 2.41 bits per heavy atom. The second-order valence-corrected chi connectivity index (χ2v) is 8.09. The van der Waals surface area contributed by atoms with Crippen molar-refractivity contribution in [2.75, 3.05) is 6.54 Å². The summed E-state index contributed by atoms with van der Waals surface area (Å²) < 4.78 is 2.00. The number of carbonyl (C=O) groups is 1. The number of halogens is 1. The van der Waals surface area contributed by atoms with Crippen LogP contribution in [-0.2, 0) is 6.42 Å². The Labute approximate surface area is 179 Å². The van der Waals surface area contributed by atoms with E-state index in [9.17, 15) is 4.79 Å². The standard InChI is InChI=1S/C24H21ClN2OS/c25-20-12-10-19(11-13-20)21-17-29-23(22(21)27-15-4-5-16-27)24(28)26-14-6-9-18-7-2-1-3-8-18/h1-5,7-8,10-13,15-17H,6,9,14H2,(H,26,28). The molecule has 29 heavy (non-hydrogen) atoms. The Hall–Kier alpha value is -2.82. The third-order valence-electron chi connectivity index (χ3n) is 4.76. The van der Waals surface area contributed by atoms with Crippen molar-refractivity contribution in [1.29, 1.82) is 0 Å². The molecular formula is C24H21ClN2OS. The molecule has 1 N–H and O–H groups in total. The zero-order valence-electron chi connectivity index (χ0n) is 15.8. The number of rotatable bonds is 7. The lowest BCUT2D eigenvalue weighted by Crippen LogP contribution is -2.25. The lowest BCUT2D eigenvalue weighted by Gasteiger charge is -2.10. The minimum absolute atomic E-state index is 0.0352. The summed E-state index contributed by atoms with van der Waals surface area (Å²) in [5.41, 5.74) is 4.26. The van der Waals surface area contributed by atoms with E-state index >= 15 is 0 Å². The van der Waals surface area contributed by atoms with Crippen LogP contribution in [-0.4, -0.2) is 17.0 Å². The number of benzene rings is 2. The van der Waals surface area contributed by atoms with E-state index in [2.05, 4.69) is 17.4 Å². The van der Waals surface area contributed by atoms with E-state index in [1.165, 1.54) is 16.9 Å². The van der Waals surface area contributed by atoms with Crippen LogP contribution >= 0.6 is 22.9 Å². The number of amides is 1. The van der Waals surface area contributed by atoms with Gasteiger partial charge in [-0.15, -0.1) is 11.3 Å². The van der Waals surface area contributed by atoms with E-state index in [1.54, 1.807) is 0 Å². The normalized spacial score (nSPS) is 10.8. The number of thiophene rings is 1. The molecule has 1 amide bonds. The van der Waals surface area contributed by atoms with Crippen molar-refractivity contribution >= 4 is 28.8 Å². The van der Waals surface area contributed by atoms with E-state index < -0.39 is 0 Å². The molecule has 0 spiro atoms. The van der Waals surface area contributed by atoms with Crippen molar-refractivity contribution < 1.29 is 4.79 Å². The predicted molar refractivity (Wildman–Crippen MR) is 121 cm³/mol. The molecule has 2 aromatic heterocycles. The Bertz CT molecular complexity index is 1070. The van der Waals surface area contributed by atoms with Crippen molar-refractivity contribution in [3.63, 3.8) is 0 Å². The highest BCUT2D eigenvalue weighted by Crippen LogP contribution is 2.35. The van der Waals surface area contributed by atoms with Gasteiger partial charge in [-0.05, 0) is 48.2 Å². The third-order valence-corrected chi connectivity index (χ3v) is 5.98. The van der Waals surface area contributed by atoms with Crippen LogP contribution in [0.1, 0.15) is 21.7 Å². The van der Waals surface area contributed by atoms with Crippen molar-refractivity contribution in [2.45, 2.75) is 12.8 Å². The first kappa shape index (κ1) is 19.5. The number of nitrogens with zero attached hydrogens (tertiary/aromatic N) is 1. The van der Waals surface area contributed by atoms with E-state index in [0.29, 0.717) is 16.4 Å². The van der Waals surface area contributed by atoms with E-state index in [1.807, 2.05) is 76.9 Å². The van der Waals surface area contributed by atoms with Crippen molar-refractivity contribution in [3.8, 4) is 16.8 Å². The predicted octanol–water partition coefficient (Wildman–Crippen LogP) is 6.22. The molecule has 2 aromatic carbocycles. The Morgan fingerprint density at radius 2 is 1.69 bits per heavy atom. The fraction of sp³-hybridized carbons (Fsp3) is 0.125. The highest BCUT2D eigenvalue weighted by Gasteiger charge is 2.20. The molecule has 2 heterocycles. The summed E-state index contributed by atoms with van der Waals surface area (Å²) >= 11 is 7.51. The van der Waals surface area contributed by atoms with Gasteiger partial charge in [-0.2, -0.15) is 0 Å². The quantitative estimate of drug-likeness (QED) is 0.354. The molecule has 5 heteroatoms. The Morgan fingerprint density at radius 1 is 0.966 bits per heavy atom. The van der Waals surface area contributed by atoms with Gasteiger partial charge in [0.1, 0.15) is 4.88 Å². The molecule has 0 saturated carbocycles. The maximum atomic E-state index is 12.9. The fourth-order valence-corrected chi connectivity index (χ4v) is 4.42. The molecule has 0 aliphatic carbocycles. The van der Waals surface area contributed by atoms with Crippen LogP contribution in [0.25, 0.3) is 16.8 Å². The van der Waals surface area contributed by atoms with Crippen LogP contribution < -0.4 is 5.32 Å². The smallest absolute Gasteiger partial charge is 0.263 e. The summed E-state index contributed by atoms with van der Waals surface area (Å²) in [6, 6.07) is 22.0. The van der Waals surface area contributed by atoms with E-state index in [0.717, 1.165) is 29.7 Å². The van der Waals surface area contributed by atoms with Crippen LogP contribution in [0, 0.1) is 0 Å². The molecule has 146 valence electrons. The van der Waals surface area contributed by atoms with E-state index in [-0.39, 0.29) is 5.91 Å². The summed E-state index contributed by atoms with van der Waals surface area (Å²) in [6.07, 6.45) is 5.79. The van der Waals surface area contributed by atoms with Gasteiger partial charge in [-0.25, -0.2) is 0 Å². The highest BCUT2D eigenvalue weighted by atomic mass is 35.5. The average molecular weight is 421 g/mol. The van der Waals surface area contributed by atoms with Gasteiger partial charge in [0.05, 0.1) is 5.69 Å². The van der Waals surface area contributed by atoms with Crippen LogP contribution in [0.4, 0.5) is 0 Å². The largest absolute Gasteiger partial charge is 0.351 e. The first-order valence-electron chi connectivity index (χ1n) is 9.55. The summed E-state index contributed by atoms with van der Waals surface area (Å²) in [6.45, 7) is 0.646. The lowest BCUT2D eigenvalue weighted by atomic mass is 10.1. The number of hydrogen-bond donors (Lipinski definition) is 1. The maximum Gasteiger partial charge on any atom is 0.263 e. The summed E-state index contributed by atoms with van der Waals surface area (Å²) in [7, 11) is 0. The molecular weight excluding hydrogens is 400 g/mol. The van der Waals surface area contributed by atoms with Gasteiger partial charge < -0.3 is 9.88 Å². The van der Waals surface area contributed by atoms with Crippen molar-refractivity contribution in [3.05, 3.63) is 100.0 Å². The van der Waals surface area contributed by atoms with Gasteiger partial charge in [0, 0.05) is 34.9 Å².